The van der Waals surface area contributed by atoms with Crippen molar-refractivity contribution < 1.29 is 19.5 Å². The Hall–Kier alpha value is -1.30. The molecule has 0 aromatic heterocycles. The summed E-state index contributed by atoms with van der Waals surface area (Å²) in [7, 11) is 0. The van der Waals surface area contributed by atoms with Gasteiger partial charge in [0.05, 0.1) is 6.04 Å². The molecule has 0 saturated carbocycles. The van der Waals surface area contributed by atoms with Crippen LogP contribution in [0.2, 0.25) is 0 Å². The molecule has 2 aliphatic rings. The van der Waals surface area contributed by atoms with Crippen LogP contribution in [0.3, 0.4) is 0 Å². The average Bonchev–Trinajstić information content (AvgIpc) is 2.54. The van der Waals surface area contributed by atoms with Crippen LogP contribution in [0.25, 0.3) is 0 Å². The van der Waals surface area contributed by atoms with Crippen molar-refractivity contribution >= 4 is 12.0 Å². The molecule has 1 N–H and O–H groups in total. The summed E-state index contributed by atoms with van der Waals surface area (Å²) >= 11 is 0. The molecular formula is C10H16N2O4. The molecule has 0 radical (unpaired) electrons. The van der Waals surface area contributed by atoms with E-state index in [1.807, 2.05) is 0 Å². The minimum atomic E-state index is -0.569. The SMILES string of the molecule is CC(C)(C)OC(=O)N1CC[C@@H]2[C@H]1C(=O)N2O. The van der Waals surface area contributed by atoms with Gasteiger partial charge in [0.1, 0.15) is 11.6 Å². The monoisotopic (exact) mass is 228 g/mol. The summed E-state index contributed by atoms with van der Waals surface area (Å²) in [5.41, 5.74) is -0.569. The van der Waals surface area contributed by atoms with Gasteiger partial charge in [0.15, 0.2) is 0 Å². The number of fused-ring (bicyclic) bond motifs is 1. The zero-order valence-corrected chi connectivity index (χ0v) is 9.64. The Morgan fingerprint density at radius 3 is 2.69 bits per heavy atom. The summed E-state index contributed by atoms with van der Waals surface area (Å²) in [5.74, 6) is -0.423. The molecule has 90 valence electrons. The summed E-state index contributed by atoms with van der Waals surface area (Å²) in [6.45, 7) is 5.78. The lowest BCUT2D eigenvalue weighted by Gasteiger charge is -2.40. The van der Waals surface area contributed by atoms with Crippen LogP contribution < -0.4 is 0 Å². The highest BCUT2D eigenvalue weighted by molar-refractivity contribution is 5.92. The van der Waals surface area contributed by atoms with Crippen molar-refractivity contribution in [3.63, 3.8) is 0 Å². The summed E-state index contributed by atoms with van der Waals surface area (Å²) < 4.78 is 5.19. The normalized spacial score (nSPS) is 28.9. The molecule has 6 heteroatoms. The number of hydrogen-bond acceptors (Lipinski definition) is 4. The van der Waals surface area contributed by atoms with Gasteiger partial charge < -0.3 is 4.74 Å². The van der Waals surface area contributed by atoms with Gasteiger partial charge >= 0.3 is 6.09 Å². The molecule has 16 heavy (non-hydrogen) atoms. The molecular weight excluding hydrogens is 212 g/mol. The second-order valence-corrected chi connectivity index (χ2v) is 5.16. The molecule has 2 amide bonds. The van der Waals surface area contributed by atoms with Crippen molar-refractivity contribution in [2.75, 3.05) is 6.54 Å². The van der Waals surface area contributed by atoms with Crippen LogP contribution in [-0.2, 0) is 9.53 Å². The van der Waals surface area contributed by atoms with Crippen LogP contribution in [0.4, 0.5) is 4.79 Å². The van der Waals surface area contributed by atoms with Gasteiger partial charge in [0, 0.05) is 6.54 Å². The maximum absolute atomic E-state index is 11.8. The topological polar surface area (TPSA) is 70.1 Å². The van der Waals surface area contributed by atoms with Crippen molar-refractivity contribution in [2.24, 2.45) is 0 Å². The van der Waals surface area contributed by atoms with Crippen LogP contribution >= 0.6 is 0 Å². The Balaban J connectivity index is 2.02. The molecule has 2 rings (SSSR count). The van der Waals surface area contributed by atoms with Crippen LogP contribution in [-0.4, -0.2) is 51.4 Å². The highest BCUT2D eigenvalue weighted by Crippen LogP contribution is 2.32. The minimum absolute atomic E-state index is 0.250. The van der Waals surface area contributed by atoms with E-state index in [4.69, 9.17) is 4.74 Å². The summed E-state index contributed by atoms with van der Waals surface area (Å²) in [6.07, 6.45) is 0.119. The van der Waals surface area contributed by atoms with E-state index in [9.17, 15) is 14.8 Å². The van der Waals surface area contributed by atoms with E-state index in [2.05, 4.69) is 0 Å². The lowest BCUT2D eigenvalue weighted by atomic mass is 10.00. The summed E-state index contributed by atoms with van der Waals surface area (Å²) in [6, 6.07) is -0.778. The van der Waals surface area contributed by atoms with E-state index in [0.717, 1.165) is 0 Å². The predicted molar refractivity (Wildman–Crippen MR) is 53.8 cm³/mol. The number of rotatable bonds is 0. The van der Waals surface area contributed by atoms with Gasteiger partial charge in [-0.25, -0.2) is 9.86 Å². The van der Waals surface area contributed by atoms with Gasteiger partial charge in [0.2, 0.25) is 0 Å². The fourth-order valence-electron chi connectivity index (χ4n) is 2.07. The number of β-lactam (4-membered cyclic amide) rings is 1. The number of amides is 2. The number of hydroxylamine groups is 2. The Kier molecular flexibility index (Phi) is 2.34. The van der Waals surface area contributed by atoms with Crippen molar-refractivity contribution in [2.45, 2.75) is 44.9 Å². The zero-order chi connectivity index (χ0) is 12.1. The van der Waals surface area contributed by atoms with Gasteiger partial charge in [-0.1, -0.05) is 0 Å². The molecule has 0 spiro atoms. The second kappa shape index (κ2) is 3.35. The van der Waals surface area contributed by atoms with Gasteiger partial charge in [-0.2, -0.15) is 0 Å². The number of nitrogens with zero attached hydrogens (tertiary/aromatic N) is 2. The van der Waals surface area contributed by atoms with Crippen LogP contribution in [0, 0.1) is 0 Å². The highest BCUT2D eigenvalue weighted by Gasteiger charge is 2.56. The molecule has 0 aliphatic carbocycles. The van der Waals surface area contributed by atoms with Gasteiger partial charge in [-0.05, 0) is 27.2 Å². The smallest absolute Gasteiger partial charge is 0.411 e. The fourth-order valence-corrected chi connectivity index (χ4v) is 2.07. The van der Waals surface area contributed by atoms with E-state index in [-0.39, 0.29) is 6.04 Å². The first-order chi connectivity index (χ1) is 7.31. The number of hydrogen-bond donors (Lipinski definition) is 1. The quantitative estimate of drug-likeness (QED) is 0.487. The first kappa shape index (κ1) is 11.2. The molecule has 2 saturated heterocycles. The van der Waals surface area contributed by atoms with Crippen LogP contribution in [0.5, 0.6) is 0 Å². The average molecular weight is 228 g/mol. The van der Waals surface area contributed by atoms with E-state index >= 15 is 0 Å². The Labute approximate surface area is 93.7 Å². The Bertz CT molecular complexity index is 336. The summed E-state index contributed by atoms with van der Waals surface area (Å²) in [5, 5.41) is 9.93. The van der Waals surface area contributed by atoms with E-state index < -0.39 is 23.6 Å². The zero-order valence-electron chi connectivity index (χ0n) is 9.64. The molecule has 2 atom stereocenters. The lowest BCUT2D eigenvalue weighted by Crippen LogP contribution is -2.65. The molecule has 0 unspecified atom stereocenters. The summed E-state index contributed by atoms with van der Waals surface area (Å²) in [4.78, 5) is 24.5. The molecule has 0 aromatic rings. The maximum atomic E-state index is 11.8. The van der Waals surface area contributed by atoms with Gasteiger partial charge in [0.25, 0.3) is 5.91 Å². The second-order valence-electron chi connectivity index (χ2n) is 5.16. The first-order valence-electron chi connectivity index (χ1n) is 5.33. The number of ether oxygens (including phenoxy) is 1. The maximum Gasteiger partial charge on any atom is 0.411 e. The fraction of sp³-hybridized carbons (Fsp3) is 0.800. The van der Waals surface area contributed by atoms with Crippen molar-refractivity contribution in [1.82, 2.24) is 9.96 Å². The number of carbonyl (C=O) groups excluding carboxylic acids is 2. The van der Waals surface area contributed by atoms with Crippen LogP contribution in [0.15, 0.2) is 0 Å². The Morgan fingerprint density at radius 2 is 2.12 bits per heavy atom. The third kappa shape index (κ3) is 1.63. The molecule has 0 aromatic carbocycles. The van der Waals surface area contributed by atoms with Gasteiger partial charge in [-0.15, -0.1) is 0 Å². The number of carbonyl (C=O) groups is 2. The molecule has 2 fully saturated rings. The standard InChI is InChI=1S/C10H16N2O4/c1-10(2,3)16-9(14)11-5-4-6-7(11)8(13)12(6)15/h6-7,15H,4-5H2,1-3H3/t6-,7+/m1/s1. The predicted octanol–water partition coefficient (Wildman–Crippen LogP) is 0.596. The van der Waals surface area contributed by atoms with Crippen molar-refractivity contribution in [1.29, 1.82) is 0 Å². The van der Waals surface area contributed by atoms with E-state index in [1.54, 1.807) is 20.8 Å². The first-order valence-corrected chi connectivity index (χ1v) is 5.33. The van der Waals surface area contributed by atoms with Crippen LogP contribution in [0.1, 0.15) is 27.2 Å². The van der Waals surface area contributed by atoms with Crippen molar-refractivity contribution in [3.8, 4) is 0 Å². The Morgan fingerprint density at radius 1 is 1.50 bits per heavy atom. The van der Waals surface area contributed by atoms with Gasteiger partial charge in [-0.3, -0.25) is 14.9 Å². The molecule has 2 heterocycles. The molecule has 0 bridgehead atoms. The van der Waals surface area contributed by atoms with E-state index in [1.165, 1.54) is 4.90 Å². The third-order valence-corrected chi connectivity index (χ3v) is 2.79. The minimum Gasteiger partial charge on any atom is -0.444 e. The molecule has 6 nitrogen and oxygen atoms in total. The number of likely N-dealkylation sites (tertiary alicyclic amines) is 1. The van der Waals surface area contributed by atoms with Crippen molar-refractivity contribution in [3.05, 3.63) is 0 Å². The largest absolute Gasteiger partial charge is 0.444 e. The van der Waals surface area contributed by atoms with E-state index in [0.29, 0.717) is 18.0 Å². The third-order valence-electron chi connectivity index (χ3n) is 2.79. The molecule has 2 aliphatic heterocycles. The highest BCUT2D eigenvalue weighted by atomic mass is 16.6. The lowest BCUT2D eigenvalue weighted by molar-refractivity contribution is -0.210.